The molecule has 0 aliphatic carbocycles. The Hall–Kier alpha value is -2.54. The highest BCUT2D eigenvalue weighted by molar-refractivity contribution is 9.10. The highest BCUT2D eigenvalue weighted by Gasteiger charge is 2.36. The lowest BCUT2D eigenvalue weighted by Gasteiger charge is -2.37. The van der Waals surface area contributed by atoms with Gasteiger partial charge in [0.2, 0.25) is 11.7 Å². The summed E-state index contributed by atoms with van der Waals surface area (Å²) in [6.45, 7) is 1.17. The van der Waals surface area contributed by atoms with Gasteiger partial charge >= 0.3 is 0 Å². The third-order valence-electron chi connectivity index (χ3n) is 3.97. The van der Waals surface area contributed by atoms with E-state index >= 15 is 0 Å². The number of hydrogen-bond donors (Lipinski definition) is 0. The van der Waals surface area contributed by atoms with Crippen molar-refractivity contribution in [2.24, 2.45) is 0 Å². The van der Waals surface area contributed by atoms with Crippen molar-refractivity contribution in [3.8, 4) is 11.4 Å². The van der Waals surface area contributed by atoms with Crippen molar-refractivity contribution in [1.29, 1.82) is 0 Å². The molecule has 1 amide bonds. The summed E-state index contributed by atoms with van der Waals surface area (Å²) < 4.78 is 6.24. The third kappa shape index (κ3) is 2.82. The van der Waals surface area contributed by atoms with Gasteiger partial charge in [-0.05, 0) is 30.3 Å². The first-order valence-electron chi connectivity index (χ1n) is 7.49. The first-order valence-corrected chi connectivity index (χ1v) is 8.29. The molecule has 24 heavy (non-hydrogen) atoms. The summed E-state index contributed by atoms with van der Waals surface area (Å²) >= 11 is 3.38. The molecule has 1 saturated heterocycles. The van der Waals surface area contributed by atoms with Crippen molar-refractivity contribution in [3.63, 3.8) is 0 Å². The summed E-state index contributed by atoms with van der Waals surface area (Å²) in [6, 6.07) is 11.1. The predicted octanol–water partition coefficient (Wildman–Crippen LogP) is 3.13. The monoisotopic (exact) mass is 384 g/mol. The topological polar surface area (TPSA) is 72.1 Å². The van der Waals surface area contributed by atoms with Crippen LogP contribution in [0.3, 0.4) is 0 Å². The van der Waals surface area contributed by atoms with E-state index in [0.29, 0.717) is 30.4 Å². The number of nitrogens with zero attached hydrogens (tertiary/aromatic N) is 4. The maximum Gasteiger partial charge on any atom is 0.253 e. The van der Waals surface area contributed by atoms with Crippen LogP contribution in [0.15, 0.2) is 57.8 Å². The Morgan fingerprint density at radius 1 is 1.21 bits per heavy atom. The van der Waals surface area contributed by atoms with Crippen LogP contribution < -0.4 is 0 Å². The SMILES string of the molecule is O=C(c1cccc(Br)c1)N1CC(c2nc(-c3ccncc3)no2)C1. The van der Waals surface area contributed by atoms with Gasteiger partial charge in [0.25, 0.3) is 5.91 Å². The van der Waals surface area contributed by atoms with Gasteiger partial charge in [-0.3, -0.25) is 9.78 Å². The summed E-state index contributed by atoms with van der Waals surface area (Å²) in [7, 11) is 0. The molecule has 0 bridgehead atoms. The fourth-order valence-corrected chi connectivity index (χ4v) is 3.02. The van der Waals surface area contributed by atoms with E-state index in [4.69, 9.17) is 4.52 Å². The number of carbonyl (C=O) groups is 1. The number of aromatic nitrogens is 3. The van der Waals surface area contributed by atoms with Gasteiger partial charge in [0.05, 0.1) is 5.92 Å². The molecule has 0 saturated carbocycles. The zero-order chi connectivity index (χ0) is 16.5. The van der Waals surface area contributed by atoms with Gasteiger partial charge in [0, 0.05) is 41.1 Å². The molecule has 1 aromatic carbocycles. The standard InChI is InChI=1S/C17H13BrN4O2/c18-14-3-1-2-12(8-14)17(23)22-9-13(10-22)16-20-15(21-24-16)11-4-6-19-7-5-11/h1-8,13H,9-10H2. The van der Waals surface area contributed by atoms with Gasteiger partial charge in [0.15, 0.2) is 0 Å². The average Bonchev–Trinajstić information content (AvgIpc) is 3.04. The molecule has 7 heteroatoms. The molecule has 0 N–H and O–H groups in total. The Morgan fingerprint density at radius 2 is 2.00 bits per heavy atom. The van der Waals surface area contributed by atoms with Crippen molar-refractivity contribution in [2.45, 2.75) is 5.92 Å². The second-order valence-corrected chi connectivity index (χ2v) is 6.53. The summed E-state index contributed by atoms with van der Waals surface area (Å²) in [5, 5.41) is 4.01. The lowest BCUT2D eigenvalue weighted by atomic mass is 9.99. The molecule has 120 valence electrons. The smallest absolute Gasteiger partial charge is 0.253 e. The molecule has 0 atom stereocenters. The molecule has 3 aromatic rings. The molecule has 0 unspecified atom stereocenters. The molecule has 4 rings (SSSR count). The van der Waals surface area contributed by atoms with Crippen LogP contribution in [0.5, 0.6) is 0 Å². The zero-order valence-electron chi connectivity index (χ0n) is 12.6. The van der Waals surface area contributed by atoms with Crippen LogP contribution in [0, 0.1) is 0 Å². The van der Waals surface area contributed by atoms with E-state index in [1.54, 1.807) is 17.3 Å². The Labute approximate surface area is 146 Å². The van der Waals surface area contributed by atoms with Gasteiger partial charge in [-0.15, -0.1) is 0 Å². The van der Waals surface area contributed by atoms with Crippen molar-refractivity contribution in [2.75, 3.05) is 13.1 Å². The van der Waals surface area contributed by atoms with Crippen molar-refractivity contribution < 1.29 is 9.32 Å². The van der Waals surface area contributed by atoms with E-state index in [0.717, 1.165) is 10.0 Å². The minimum absolute atomic E-state index is 0.0152. The van der Waals surface area contributed by atoms with E-state index in [1.807, 2.05) is 36.4 Å². The van der Waals surface area contributed by atoms with Crippen LogP contribution in [0.25, 0.3) is 11.4 Å². The van der Waals surface area contributed by atoms with Crippen LogP contribution >= 0.6 is 15.9 Å². The van der Waals surface area contributed by atoms with E-state index in [-0.39, 0.29) is 11.8 Å². The van der Waals surface area contributed by atoms with Crippen LogP contribution in [0.4, 0.5) is 0 Å². The number of halogens is 1. The van der Waals surface area contributed by atoms with Crippen LogP contribution in [-0.2, 0) is 0 Å². The van der Waals surface area contributed by atoms with Crippen LogP contribution in [-0.4, -0.2) is 39.0 Å². The van der Waals surface area contributed by atoms with Crippen LogP contribution in [0.2, 0.25) is 0 Å². The third-order valence-corrected chi connectivity index (χ3v) is 4.46. The number of benzene rings is 1. The van der Waals surface area contributed by atoms with Crippen LogP contribution in [0.1, 0.15) is 22.2 Å². The maximum absolute atomic E-state index is 12.4. The molecule has 1 fully saturated rings. The normalized spacial score (nSPS) is 14.5. The molecule has 3 heterocycles. The predicted molar refractivity (Wildman–Crippen MR) is 90.3 cm³/mol. The zero-order valence-corrected chi connectivity index (χ0v) is 14.2. The summed E-state index contributed by atoms with van der Waals surface area (Å²) in [6.07, 6.45) is 3.38. The molecule has 0 spiro atoms. The molecule has 2 aromatic heterocycles. The second-order valence-electron chi connectivity index (χ2n) is 5.61. The van der Waals surface area contributed by atoms with Gasteiger partial charge in [0.1, 0.15) is 0 Å². The number of carbonyl (C=O) groups excluding carboxylic acids is 1. The molecule has 6 nitrogen and oxygen atoms in total. The summed E-state index contributed by atoms with van der Waals surface area (Å²) in [5.74, 6) is 1.22. The minimum Gasteiger partial charge on any atom is -0.339 e. The first-order chi connectivity index (χ1) is 11.7. The summed E-state index contributed by atoms with van der Waals surface area (Å²) in [5.41, 5.74) is 1.53. The molecule has 1 aliphatic rings. The quantitative estimate of drug-likeness (QED) is 0.693. The molecule has 1 aliphatic heterocycles. The Morgan fingerprint density at radius 3 is 2.75 bits per heavy atom. The lowest BCUT2D eigenvalue weighted by Crippen LogP contribution is -2.48. The second kappa shape index (κ2) is 6.16. The maximum atomic E-state index is 12.4. The van der Waals surface area contributed by atoms with E-state index in [2.05, 4.69) is 31.1 Å². The summed E-state index contributed by atoms with van der Waals surface area (Å²) in [4.78, 5) is 22.6. The van der Waals surface area contributed by atoms with Crippen molar-refractivity contribution in [3.05, 3.63) is 64.7 Å². The molecular weight excluding hydrogens is 372 g/mol. The van der Waals surface area contributed by atoms with Crippen molar-refractivity contribution >= 4 is 21.8 Å². The molecular formula is C17H13BrN4O2. The Kier molecular flexibility index (Phi) is 3.86. The largest absolute Gasteiger partial charge is 0.339 e. The lowest BCUT2D eigenvalue weighted by molar-refractivity contribution is 0.0569. The highest BCUT2D eigenvalue weighted by atomic mass is 79.9. The average molecular weight is 385 g/mol. The van der Waals surface area contributed by atoms with Gasteiger partial charge in [-0.1, -0.05) is 27.2 Å². The number of likely N-dealkylation sites (tertiary alicyclic amines) is 1. The first kappa shape index (κ1) is 15.0. The molecule has 0 radical (unpaired) electrons. The fourth-order valence-electron chi connectivity index (χ4n) is 2.62. The van der Waals surface area contributed by atoms with E-state index in [1.165, 1.54) is 0 Å². The van der Waals surface area contributed by atoms with Gasteiger partial charge < -0.3 is 9.42 Å². The Balaban J connectivity index is 1.43. The Bertz CT molecular complexity index is 875. The van der Waals surface area contributed by atoms with E-state index in [9.17, 15) is 4.79 Å². The van der Waals surface area contributed by atoms with Crippen molar-refractivity contribution in [1.82, 2.24) is 20.0 Å². The number of amides is 1. The van der Waals surface area contributed by atoms with Gasteiger partial charge in [-0.25, -0.2) is 0 Å². The van der Waals surface area contributed by atoms with Gasteiger partial charge in [-0.2, -0.15) is 4.98 Å². The highest BCUT2D eigenvalue weighted by Crippen LogP contribution is 2.29. The fraction of sp³-hybridized carbons (Fsp3) is 0.176. The minimum atomic E-state index is 0.0152. The number of hydrogen-bond acceptors (Lipinski definition) is 5. The number of pyridine rings is 1. The van der Waals surface area contributed by atoms with E-state index < -0.39 is 0 Å². The number of rotatable bonds is 3.